The molecule has 1 aromatic rings. The largest absolute Gasteiger partial charge is 0.494 e. The second-order valence-corrected chi connectivity index (χ2v) is 4.76. The van der Waals surface area contributed by atoms with E-state index in [1.807, 2.05) is 6.92 Å². The molecular weight excluding hydrogens is 220 g/mol. The van der Waals surface area contributed by atoms with Gasteiger partial charge >= 0.3 is 0 Å². The molecule has 0 amide bonds. The van der Waals surface area contributed by atoms with Crippen LogP contribution >= 0.6 is 0 Å². The van der Waals surface area contributed by atoms with Gasteiger partial charge in [-0.3, -0.25) is 0 Å². The Balaban J connectivity index is 2.87. The first kappa shape index (κ1) is 14.6. The SMILES string of the molecule is CCC#CC(C)Cc1cc(C)c(OCC)cc1C. The van der Waals surface area contributed by atoms with E-state index in [1.54, 1.807) is 0 Å². The van der Waals surface area contributed by atoms with E-state index in [-0.39, 0.29) is 0 Å². The van der Waals surface area contributed by atoms with Crippen molar-refractivity contribution in [3.05, 3.63) is 28.8 Å². The Morgan fingerprint density at radius 2 is 1.89 bits per heavy atom. The Bertz CT molecular complexity index is 449. The third-order valence-electron chi connectivity index (χ3n) is 2.98. The average Bonchev–Trinajstić information content (AvgIpc) is 2.33. The van der Waals surface area contributed by atoms with E-state index in [0.717, 1.165) is 25.2 Å². The highest BCUT2D eigenvalue weighted by molar-refractivity contribution is 5.42. The molecule has 1 atom stereocenters. The van der Waals surface area contributed by atoms with Gasteiger partial charge < -0.3 is 4.74 Å². The van der Waals surface area contributed by atoms with E-state index < -0.39 is 0 Å². The maximum Gasteiger partial charge on any atom is 0.122 e. The lowest BCUT2D eigenvalue weighted by Gasteiger charge is -2.13. The molecule has 1 aromatic carbocycles. The van der Waals surface area contributed by atoms with Crippen molar-refractivity contribution in [3.8, 4) is 17.6 Å². The summed E-state index contributed by atoms with van der Waals surface area (Å²) in [6, 6.07) is 4.39. The Kier molecular flexibility index (Phi) is 5.78. The lowest BCUT2D eigenvalue weighted by molar-refractivity contribution is 0.337. The summed E-state index contributed by atoms with van der Waals surface area (Å²) in [5.74, 6) is 7.87. The molecule has 98 valence electrons. The van der Waals surface area contributed by atoms with Crippen LogP contribution < -0.4 is 4.74 Å². The zero-order valence-corrected chi connectivity index (χ0v) is 12.3. The lowest BCUT2D eigenvalue weighted by Crippen LogP contribution is -2.02. The molecule has 1 nitrogen and oxygen atoms in total. The third-order valence-corrected chi connectivity index (χ3v) is 2.98. The van der Waals surface area contributed by atoms with Crippen molar-refractivity contribution in [1.29, 1.82) is 0 Å². The minimum atomic E-state index is 0.418. The van der Waals surface area contributed by atoms with Gasteiger partial charge in [0, 0.05) is 12.3 Å². The predicted molar refractivity (Wildman–Crippen MR) is 78.0 cm³/mol. The van der Waals surface area contributed by atoms with Crippen molar-refractivity contribution in [2.24, 2.45) is 5.92 Å². The van der Waals surface area contributed by atoms with Crippen molar-refractivity contribution >= 4 is 0 Å². The Morgan fingerprint density at radius 1 is 1.17 bits per heavy atom. The monoisotopic (exact) mass is 244 g/mol. The predicted octanol–water partition coefficient (Wildman–Crippen LogP) is 4.29. The van der Waals surface area contributed by atoms with Gasteiger partial charge in [-0.1, -0.05) is 25.8 Å². The van der Waals surface area contributed by atoms with E-state index in [4.69, 9.17) is 4.74 Å². The highest BCUT2D eigenvalue weighted by Crippen LogP contribution is 2.24. The molecule has 1 heteroatoms. The van der Waals surface area contributed by atoms with E-state index in [9.17, 15) is 0 Å². The molecule has 0 aliphatic rings. The van der Waals surface area contributed by atoms with Crippen molar-refractivity contribution in [1.82, 2.24) is 0 Å². The number of hydrogen-bond donors (Lipinski definition) is 0. The van der Waals surface area contributed by atoms with Crippen LogP contribution in [0.15, 0.2) is 12.1 Å². The summed E-state index contributed by atoms with van der Waals surface area (Å²) in [5.41, 5.74) is 3.90. The van der Waals surface area contributed by atoms with Crippen molar-refractivity contribution in [3.63, 3.8) is 0 Å². The molecule has 0 N–H and O–H groups in total. The van der Waals surface area contributed by atoms with Gasteiger partial charge in [-0.25, -0.2) is 0 Å². The van der Waals surface area contributed by atoms with Crippen molar-refractivity contribution in [2.75, 3.05) is 6.61 Å². The summed E-state index contributed by atoms with van der Waals surface area (Å²) >= 11 is 0. The van der Waals surface area contributed by atoms with Crippen LogP contribution in [0.2, 0.25) is 0 Å². The summed E-state index contributed by atoms with van der Waals surface area (Å²) in [6.45, 7) is 11.3. The molecule has 0 saturated carbocycles. The number of hydrogen-bond acceptors (Lipinski definition) is 1. The molecule has 1 unspecified atom stereocenters. The smallest absolute Gasteiger partial charge is 0.122 e. The first-order chi connectivity index (χ1) is 8.58. The number of aryl methyl sites for hydroxylation is 2. The standard InChI is InChI=1S/C17H24O/c1-6-8-9-13(3)10-16-11-15(5)17(18-7-2)12-14(16)4/h11-13H,6-7,10H2,1-5H3. The van der Waals surface area contributed by atoms with Crippen LogP contribution in [-0.4, -0.2) is 6.61 Å². The quantitative estimate of drug-likeness (QED) is 0.718. The fraction of sp³-hybridized carbons (Fsp3) is 0.529. The Morgan fingerprint density at radius 3 is 2.50 bits per heavy atom. The first-order valence-corrected chi connectivity index (χ1v) is 6.79. The fourth-order valence-corrected chi connectivity index (χ4v) is 2.04. The molecule has 0 saturated heterocycles. The van der Waals surface area contributed by atoms with Crippen LogP contribution in [0.3, 0.4) is 0 Å². The fourth-order valence-electron chi connectivity index (χ4n) is 2.04. The Labute approximate surface area is 112 Å². The zero-order chi connectivity index (χ0) is 13.5. The Hall–Kier alpha value is -1.42. The van der Waals surface area contributed by atoms with Crippen LogP contribution in [0.1, 0.15) is 43.9 Å². The van der Waals surface area contributed by atoms with Crippen LogP contribution in [0, 0.1) is 31.6 Å². The number of rotatable bonds is 4. The average molecular weight is 244 g/mol. The molecule has 0 radical (unpaired) electrons. The van der Waals surface area contributed by atoms with Crippen molar-refractivity contribution < 1.29 is 4.74 Å². The molecule has 0 fully saturated rings. The van der Waals surface area contributed by atoms with Crippen molar-refractivity contribution in [2.45, 2.75) is 47.5 Å². The first-order valence-electron chi connectivity index (χ1n) is 6.79. The van der Waals surface area contributed by atoms with Crippen LogP contribution in [0.5, 0.6) is 5.75 Å². The highest BCUT2D eigenvalue weighted by Gasteiger charge is 2.07. The molecule has 1 rings (SSSR count). The topological polar surface area (TPSA) is 9.23 Å². The molecule has 0 spiro atoms. The van der Waals surface area contributed by atoms with E-state index >= 15 is 0 Å². The molecular formula is C17H24O. The molecule has 0 aromatic heterocycles. The number of ether oxygens (including phenoxy) is 1. The van der Waals surface area contributed by atoms with Gasteiger partial charge in [0.15, 0.2) is 0 Å². The zero-order valence-electron chi connectivity index (χ0n) is 12.3. The second kappa shape index (κ2) is 7.11. The minimum absolute atomic E-state index is 0.418. The minimum Gasteiger partial charge on any atom is -0.494 e. The summed E-state index contributed by atoms with van der Waals surface area (Å²) in [4.78, 5) is 0. The van der Waals surface area contributed by atoms with E-state index in [2.05, 4.69) is 51.7 Å². The second-order valence-electron chi connectivity index (χ2n) is 4.76. The summed E-state index contributed by atoms with van der Waals surface area (Å²) in [5, 5.41) is 0. The third kappa shape index (κ3) is 4.11. The highest BCUT2D eigenvalue weighted by atomic mass is 16.5. The lowest BCUT2D eigenvalue weighted by atomic mass is 9.95. The van der Waals surface area contributed by atoms with Gasteiger partial charge in [-0.15, -0.1) is 5.92 Å². The van der Waals surface area contributed by atoms with Gasteiger partial charge in [0.05, 0.1) is 6.61 Å². The van der Waals surface area contributed by atoms with Crippen LogP contribution in [0.4, 0.5) is 0 Å². The molecule has 0 bridgehead atoms. The normalized spacial score (nSPS) is 11.6. The summed E-state index contributed by atoms with van der Waals surface area (Å²) in [7, 11) is 0. The maximum absolute atomic E-state index is 5.61. The molecule has 0 heterocycles. The van der Waals surface area contributed by atoms with Gasteiger partial charge in [0.1, 0.15) is 5.75 Å². The van der Waals surface area contributed by atoms with E-state index in [0.29, 0.717) is 5.92 Å². The maximum atomic E-state index is 5.61. The van der Waals surface area contributed by atoms with Crippen LogP contribution in [-0.2, 0) is 6.42 Å². The molecule has 0 aliphatic heterocycles. The van der Waals surface area contributed by atoms with Gasteiger partial charge in [0.2, 0.25) is 0 Å². The van der Waals surface area contributed by atoms with Gasteiger partial charge in [-0.05, 0) is 49.9 Å². The van der Waals surface area contributed by atoms with Gasteiger partial charge in [0.25, 0.3) is 0 Å². The van der Waals surface area contributed by atoms with E-state index in [1.165, 1.54) is 16.7 Å². The van der Waals surface area contributed by atoms with Gasteiger partial charge in [-0.2, -0.15) is 0 Å². The molecule has 0 aliphatic carbocycles. The summed E-state index contributed by atoms with van der Waals surface area (Å²) in [6.07, 6.45) is 1.96. The number of benzene rings is 1. The van der Waals surface area contributed by atoms with Crippen LogP contribution in [0.25, 0.3) is 0 Å². The summed E-state index contributed by atoms with van der Waals surface area (Å²) < 4.78 is 5.61. The molecule has 18 heavy (non-hydrogen) atoms.